The Kier molecular flexibility index (Phi) is 4.66. The van der Waals surface area contributed by atoms with Gasteiger partial charge in [-0.2, -0.15) is 0 Å². The summed E-state index contributed by atoms with van der Waals surface area (Å²) in [7, 11) is 0. The van der Waals surface area contributed by atoms with Crippen molar-refractivity contribution in [3.05, 3.63) is 48.0 Å². The molecule has 2 fully saturated rings. The number of hydrogen-bond acceptors (Lipinski definition) is 2. The van der Waals surface area contributed by atoms with Crippen LogP contribution in [0.2, 0.25) is 0 Å². The molecule has 26 heavy (non-hydrogen) atoms. The average molecular weight is 351 g/mol. The van der Waals surface area contributed by atoms with Gasteiger partial charge in [0.05, 0.1) is 0 Å². The molecule has 2 aromatic carbocycles. The van der Waals surface area contributed by atoms with Crippen molar-refractivity contribution in [1.82, 2.24) is 4.90 Å². The topological polar surface area (TPSA) is 57.6 Å². The van der Waals surface area contributed by atoms with Crippen molar-refractivity contribution in [1.29, 1.82) is 0 Å². The van der Waals surface area contributed by atoms with Crippen LogP contribution in [0.4, 0.5) is 0 Å². The lowest BCUT2D eigenvalue weighted by atomic mass is 9.96. The van der Waals surface area contributed by atoms with Crippen LogP contribution in [0.3, 0.4) is 0 Å². The van der Waals surface area contributed by atoms with Crippen molar-refractivity contribution in [2.24, 2.45) is 5.92 Å². The van der Waals surface area contributed by atoms with E-state index in [4.69, 9.17) is 5.11 Å². The number of carboxylic acid groups (broad SMARTS) is 1. The predicted octanol–water partition coefficient (Wildman–Crippen LogP) is 4.19. The molecule has 2 aliphatic rings. The molecule has 1 saturated heterocycles. The Morgan fingerprint density at radius 3 is 2.73 bits per heavy atom. The van der Waals surface area contributed by atoms with E-state index in [9.17, 15) is 9.59 Å². The zero-order valence-corrected chi connectivity index (χ0v) is 14.9. The van der Waals surface area contributed by atoms with Crippen molar-refractivity contribution < 1.29 is 14.7 Å². The van der Waals surface area contributed by atoms with Crippen molar-refractivity contribution in [3.63, 3.8) is 0 Å². The number of benzene rings is 2. The summed E-state index contributed by atoms with van der Waals surface area (Å²) in [4.78, 5) is 26.0. The molecule has 1 saturated carbocycles. The van der Waals surface area contributed by atoms with Crippen molar-refractivity contribution in [3.8, 4) is 0 Å². The van der Waals surface area contributed by atoms with Gasteiger partial charge in [-0.1, -0.05) is 42.5 Å². The van der Waals surface area contributed by atoms with E-state index in [-0.39, 0.29) is 24.3 Å². The highest BCUT2D eigenvalue weighted by atomic mass is 16.4. The fourth-order valence-corrected chi connectivity index (χ4v) is 4.48. The zero-order chi connectivity index (χ0) is 18.1. The third kappa shape index (κ3) is 3.33. The number of likely N-dealkylation sites (tertiary alicyclic amines) is 1. The first kappa shape index (κ1) is 17.1. The summed E-state index contributed by atoms with van der Waals surface area (Å²) in [5, 5.41) is 11.4. The highest BCUT2D eigenvalue weighted by Crippen LogP contribution is 2.50. The smallest absolute Gasteiger partial charge is 0.303 e. The van der Waals surface area contributed by atoms with Gasteiger partial charge in [0.1, 0.15) is 0 Å². The summed E-state index contributed by atoms with van der Waals surface area (Å²) in [6, 6.07) is 14.8. The lowest BCUT2D eigenvalue weighted by Crippen LogP contribution is -2.44. The number of carbonyl (C=O) groups excluding carboxylic acids is 1. The van der Waals surface area contributed by atoms with Gasteiger partial charge in [0, 0.05) is 24.9 Å². The van der Waals surface area contributed by atoms with E-state index >= 15 is 0 Å². The number of carbonyl (C=O) groups is 2. The zero-order valence-electron chi connectivity index (χ0n) is 14.9. The summed E-state index contributed by atoms with van der Waals surface area (Å²) in [5.41, 5.74) is 1.28. The van der Waals surface area contributed by atoms with Crippen LogP contribution in [-0.2, 0) is 9.59 Å². The Hall–Kier alpha value is -2.36. The van der Waals surface area contributed by atoms with Crippen LogP contribution in [0, 0.1) is 5.92 Å². The molecule has 1 aliphatic heterocycles. The maximum atomic E-state index is 13.1. The van der Waals surface area contributed by atoms with E-state index in [1.165, 1.54) is 16.3 Å². The molecule has 0 spiro atoms. The Bertz CT molecular complexity index is 826. The van der Waals surface area contributed by atoms with E-state index in [0.29, 0.717) is 12.3 Å². The van der Waals surface area contributed by atoms with E-state index in [1.807, 2.05) is 11.0 Å². The molecule has 136 valence electrons. The predicted molar refractivity (Wildman–Crippen MR) is 101 cm³/mol. The molecule has 3 unspecified atom stereocenters. The van der Waals surface area contributed by atoms with Crippen LogP contribution < -0.4 is 0 Å². The second-order valence-corrected chi connectivity index (χ2v) is 7.63. The molecule has 0 bridgehead atoms. The molecule has 0 radical (unpaired) electrons. The molecule has 4 nitrogen and oxygen atoms in total. The van der Waals surface area contributed by atoms with E-state index in [1.54, 1.807) is 0 Å². The number of nitrogens with zero attached hydrogens (tertiary/aromatic N) is 1. The van der Waals surface area contributed by atoms with E-state index < -0.39 is 5.97 Å². The Morgan fingerprint density at radius 1 is 1.08 bits per heavy atom. The first-order valence-electron chi connectivity index (χ1n) is 9.65. The largest absolute Gasteiger partial charge is 0.481 e. The Balaban J connectivity index is 1.49. The van der Waals surface area contributed by atoms with Gasteiger partial charge in [0.2, 0.25) is 5.91 Å². The highest BCUT2D eigenvalue weighted by Gasteiger charge is 2.47. The minimum absolute atomic E-state index is 0.0613. The third-order valence-electron chi connectivity index (χ3n) is 5.93. The monoisotopic (exact) mass is 351 g/mol. The van der Waals surface area contributed by atoms with Crippen LogP contribution >= 0.6 is 0 Å². The molecule has 1 heterocycles. The molecular weight excluding hydrogens is 326 g/mol. The second kappa shape index (κ2) is 7.10. The number of hydrogen-bond donors (Lipinski definition) is 1. The number of amides is 1. The third-order valence-corrected chi connectivity index (χ3v) is 5.93. The van der Waals surface area contributed by atoms with Gasteiger partial charge >= 0.3 is 5.97 Å². The van der Waals surface area contributed by atoms with Crippen LogP contribution in [0.5, 0.6) is 0 Å². The van der Waals surface area contributed by atoms with Gasteiger partial charge in [-0.15, -0.1) is 0 Å². The van der Waals surface area contributed by atoms with Crippen LogP contribution in [0.15, 0.2) is 42.5 Å². The van der Waals surface area contributed by atoms with Crippen LogP contribution in [-0.4, -0.2) is 34.5 Å². The standard InChI is InChI=1S/C22H25NO3/c24-21(25)12-11-16-8-3-4-13-23(16)22(26)20-14-19(20)18-10-5-7-15-6-1-2-9-17(15)18/h1-2,5-7,9-10,16,19-20H,3-4,8,11-14H2,(H,24,25). The average Bonchev–Trinajstić information content (AvgIpc) is 3.46. The van der Waals surface area contributed by atoms with Gasteiger partial charge in [0.25, 0.3) is 0 Å². The quantitative estimate of drug-likeness (QED) is 0.879. The second-order valence-electron chi connectivity index (χ2n) is 7.63. The molecular formula is C22H25NO3. The molecule has 3 atom stereocenters. The van der Waals surface area contributed by atoms with Crippen molar-refractivity contribution >= 4 is 22.6 Å². The fourth-order valence-electron chi connectivity index (χ4n) is 4.48. The van der Waals surface area contributed by atoms with Crippen LogP contribution in [0.1, 0.15) is 50.0 Å². The Morgan fingerprint density at radius 2 is 1.88 bits per heavy atom. The summed E-state index contributed by atoms with van der Waals surface area (Å²) in [5.74, 6) is -0.178. The maximum absolute atomic E-state index is 13.1. The minimum Gasteiger partial charge on any atom is -0.481 e. The van der Waals surface area contributed by atoms with Gasteiger partial charge in [-0.25, -0.2) is 0 Å². The van der Waals surface area contributed by atoms with Gasteiger partial charge in [-0.3, -0.25) is 9.59 Å². The lowest BCUT2D eigenvalue weighted by Gasteiger charge is -2.36. The molecule has 4 heteroatoms. The summed E-state index contributed by atoms with van der Waals surface area (Å²) >= 11 is 0. The SMILES string of the molecule is O=C(O)CCC1CCCCN1C(=O)C1CC1c1cccc2ccccc12. The van der Waals surface area contributed by atoms with Gasteiger partial charge < -0.3 is 10.0 Å². The maximum Gasteiger partial charge on any atom is 0.303 e. The highest BCUT2D eigenvalue weighted by molar-refractivity contribution is 5.89. The molecule has 1 N–H and O–H groups in total. The minimum atomic E-state index is -0.775. The Labute approximate surface area is 153 Å². The van der Waals surface area contributed by atoms with Crippen molar-refractivity contribution in [2.45, 2.75) is 50.5 Å². The number of rotatable bonds is 5. The molecule has 1 amide bonds. The molecule has 4 rings (SSSR count). The summed E-state index contributed by atoms with van der Waals surface area (Å²) in [6.07, 6.45) is 4.69. The number of fused-ring (bicyclic) bond motifs is 1. The van der Waals surface area contributed by atoms with Gasteiger partial charge in [-0.05, 0) is 54.4 Å². The van der Waals surface area contributed by atoms with Crippen molar-refractivity contribution in [2.75, 3.05) is 6.54 Å². The normalized spacial score (nSPS) is 25.2. The lowest BCUT2D eigenvalue weighted by molar-refractivity contribution is -0.140. The number of piperidine rings is 1. The van der Waals surface area contributed by atoms with E-state index in [2.05, 4.69) is 36.4 Å². The molecule has 0 aromatic heterocycles. The summed E-state index contributed by atoms with van der Waals surface area (Å²) in [6.45, 7) is 0.780. The number of carboxylic acids is 1. The fraction of sp³-hybridized carbons (Fsp3) is 0.455. The number of aliphatic carboxylic acids is 1. The first-order chi connectivity index (χ1) is 12.6. The summed E-state index contributed by atoms with van der Waals surface area (Å²) < 4.78 is 0. The van der Waals surface area contributed by atoms with Crippen LogP contribution in [0.25, 0.3) is 10.8 Å². The molecule has 2 aromatic rings. The van der Waals surface area contributed by atoms with Gasteiger partial charge in [0.15, 0.2) is 0 Å². The molecule has 1 aliphatic carbocycles. The van der Waals surface area contributed by atoms with E-state index in [0.717, 1.165) is 32.2 Å². The first-order valence-corrected chi connectivity index (χ1v) is 9.65.